The first-order valence-corrected chi connectivity index (χ1v) is 9.79. The summed E-state index contributed by atoms with van der Waals surface area (Å²) in [7, 11) is 0. The van der Waals surface area contributed by atoms with Gasteiger partial charge in [0.15, 0.2) is 0 Å². The molecule has 4 atom stereocenters. The molecule has 0 amide bonds. The molecular weight excluding hydrogens is 268 g/mol. The Hall–Kier alpha value is 0.270. The molecule has 2 aliphatic heterocycles. The Kier molecular flexibility index (Phi) is 3.59. The molecular formula is C17H28O2S. The standard InChI is InChI=1S/C17H28O2S/c18-17(6-1-2-14(10-17)13-3-4-13)15-5-8-19-16(11-15)7-9-20-12-16/h13-15,18H,1-12H2. The van der Waals surface area contributed by atoms with Crippen molar-refractivity contribution in [1.29, 1.82) is 0 Å². The Labute approximate surface area is 127 Å². The molecule has 1 N–H and O–H groups in total. The molecule has 2 aliphatic carbocycles. The monoisotopic (exact) mass is 296 g/mol. The molecule has 2 heterocycles. The van der Waals surface area contributed by atoms with Crippen LogP contribution in [0, 0.1) is 17.8 Å². The smallest absolute Gasteiger partial charge is 0.0784 e. The number of rotatable bonds is 2. The fraction of sp³-hybridized carbons (Fsp3) is 1.00. The van der Waals surface area contributed by atoms with E-state index in [0.717, 1.165) is 49.9 Å². The summed E-state index contributed by atoms with van der Waals surface area (Å²) in [5.74, 6) is 4.68. The second-order valence-corrected chi connectivity index (χ2v) is 8.93. The van der Waals surface area contributed by atoms with E-state index in [1.54, 1.807) is 0 Å². The zero-order valence-electron chi connectivity index (χ0n) is 12.5. The second kappa shape index (κ2) is 5.17. The lowest BCUT2D eigenvalue weighted by atomic mass is 9.66. The Morgan fingerprint density at radius 1 is 1.00 bits per heavy atom. The van der Waals surface area contributed by atoms with Crippen molar-refractivity contribution >= 4 is 11.8 Å². The molecule has 20 heavy (non-hydrogen) atoms. The number of aliphatic hydroxyl groups is 1. The first-order chi connectivity index (χ1) is 9.69. The van der Waals surface area contributed by atoms with Crippen molar-refractivity contribution in [2.75, 3.05) is 18.1 Å². The van der Waals surface area contributed by atoms with Gasteiger partial charge in [-0.05, 0) is 74.9 Å². The van der Waals surface area contributed by atoms with Gasteiger partial charge in [-0.2, -0.15) is 11.8 Å². The lowest BCUT2D eigenvalue weighted by Crippen LogP contribution is -2.50. The van der Waals surface area contributed by atoms with Crippen LogP contribution >= 0.6 is 11.8 Å². The fourth-order valence-electron chi connectivity index (χ4n) is 5.02. The van der Waals surface area contributed by atoms with Gasteiger partial charge in [0.1, 0.15) is 0 Å². The van der Waals surface area contributed by atoms with Crippen molar-refractivity contribution in [3.63, 3.8) is 0 Å². The van der Waals surface area contributed by atoms with Crippen LogP contribution in [0.1, 0.15) is 57.8 Å². The summed E-state index contributed by atoms with van der Waals surface area (Å²) in [6.45, 7) is 0.877. The maximum atomic E-state index is 11.3. The van der Waals surface area contributed by atoms with Gasteiger partial charge in [-0.15, -0.1) is 0 Å². The lowest BCUT2D eigenvalue weighted by Gasteiger charge is -2.48. The minimum Gasteiger partial charge on any atom is -0.390 e. The molecule has 114 valence electrons. The molecule has 0 aromatic carbocycles. The summed E-state index contributed by atoms with van der Waals surface area (Å²) < 4.78 is 6.15. The van der Waals surface area contributed by atoms with Gasteiger partial charge in [0.25, 0.3) is 0 Å². The van der Waals surface area contributed by atoms with Gasteiger partial charge in [-0.1, -0.05) is 6.42 Å². The molecule has 3 heteroatoms. The van der Waals surface area contributed by atoms with Crippen LogP contribution in [0.5, 0.6) is 0 Å². The molecule has 2 saturated heterocycles. The highest BCUT2D eigenvalue weighted by Gasteiger charge is 2.50. The van der Waals surface area contributed by atoms with E-state index in [9.17, 15) is 5.11 Å². The summed E-state index contributed by atoms with van der Waals surface area (Å²) in [6, 6.07) is 0. The highest BCUT2D eigenvalue weighted by molar-refractivity contribution is 7.99. The third-order valence-electron chi connectivity index (χ3n) is 6.41. The quantitative estimate of drug-likeness (QED) is 0.844. The minimum atomic E-state index is -0.366. The van der Waals surface area contributed by atoms with E-state index < -0.39 is 0 Å². The van der Waals surface area contributed by atoms with Crippen LogP contribution in [0.25, 0.3) is 0 Å². The molecule has 4 aliphatic rings. The SMILES string of the molecule is OC1(C2CCOC3(CCSC3)C2)CCCC(C2CC2)C1. The zero-order valence-corrected chi connectivity index (χ0v) is 13.3. The number of hydrogen-bond donors (Lipinski definition) is 1. The van der Waals surface area contributed by atoms with Gasteiger partial charge in [0.2, 0.25) is 0 Å². The van der Waals surface area contributed by atoms with E-state index in [-0.39, 0.29) is 11.2 Å². The molecule has 2 saturated carbocycles. The molecule has 0 aromatic rings. The summed E-state index contributed by atoms with van der Waals surface area (Å²) in [5, 5.41) is 11.3. The van der Waals surface area contributed by atoms with Crippen molar-refractivity contribution in [2.45, 2.75) is 69.0 Å². The Morgan fingerprint density at radius 2 is 1.90 bits per heavy atom. The van der Waals surface area contributed by atoms with Crippen molar-refractivity contribution in [3.05, 3.63) is 0 Å². The highest BCUT2D eigenvalue weighted by atomic mass is 32.2. The molecule has 1 spiro atoms. The Bertz CT molecular complexity index is 362. The van der Waals surface area contributed by atoms with E-state index in [4.69, 9.17) is 4.74 Å². The van der Waals surface area contributed by atoms with Gasteiger partial charge in [-0.25, -0.2) is 0 Å². The highest BCUT2D eigenvalue weighted by Crippen LogP contribution is 2.52. The van der Waals surface area contributed by atoms with Crippen LogP contribution in [0.3, 0.4) is 0 Å². The van der Waals surface area contributed by atoms with Gasteiger partial charge < -0.3 is 9.84 Å². The Balaban J connectivity index is 1.47. The predicted molar refractivity (Wildman–Crippen MR) is 83.0 cm³/mol. The van der Waals surface area contributed by atoms with Crippen LogP contribution in [0.4, 0.5) is 0 Å². The maximum absolute atomic E-state index is 11.3. The second-order valence-electron chi connectivity index (χ2n) is 7.82. The van der Waals surface area contributed by atoms with Crippen molar-refractivity contribution in [3.8, 4) is 0 Å². The minimum absolute atomic E-state index is 0.121. The molecule has 4 unspecified atom stereocenters. The topological polar surface area (TPSA) is 29.5 Å². The molecule has 0 bridgehead atoms. The first kappa shape index (κ1) is 13.9. The largest absolute Gasteiger partial charge is 0.390 e. The molecule has 2 nitrogen and oxygen atoms in total. The van der Waals surface area contributed by atoms with Gasteiger partial charge in [0.05, 0.1) is 11.2 Å². The summed E-state index contributed by atoms with van der Waals surface area (Å²) >= 11 is 2.04. The van der Waals surface area contributed by atoms with Crippen LogP contribution in [0.15, 0.2) is 0 Å². The molecule has 4 fully saturated rings. The fourth-order valence-corrected chi connectivity index (χ4v) is 6.40. The average molecular weight is 296 g/mol. The maximum Gasteiger partial charge on any atom is 0.0784 e. The number of ether oxygens (including phenoxy) is 1. The zero-order chi connectivity index (χ0) is 13.6. The Morgan fingerprint density at radius 3 is 2.65 bits per heavy atom. The molecule has 0 radical (unpaired) electrons. The third-order valence-corrected chi connectivity index (χ3v) is 7.63. The summed E-state index contributed by atoms with van der Waals surface area (Å²) in [6.07, 6.45) is 11.0. The van der Waals surface area contributed by atoms with Crippen molar-refractivity contribution in [2.24, 2.45) is 17.8 Å². The number of hydrogen-bond acceptors (Lipinski definition) is 3. The van der Waals surface area contributed by atoms with E-state index in [2.05, 4.69) is 0 Å². The van der Waals surface area contributed by atoms with Crippen LogP contribution in [-0.4, -0.2) is 34.4 Å². The van der Waals surface area contributed by atoms with E-state index in [0.29, 0.717) is 5.92 Å². The van der Waals surface area contributed by atoms with Crippen LogP contribution in [-0.2, 0) is 4.74 Å². The number of thioether (sulfide) groups is 1. The predicted octanol–water partition coefficient (Wildman–Crippen LogP) is 3.62. The average Bonchev–Trinajstić information content (AvgIpc) is 3.22. The normalized spacial score (nSPS) is 49.6. The van der Waals surface area contributed by atoms with Gasteiger partial charge in [-0.3, -0.25) is 0 Å². The molecule has 0 aromatic heterocycles. The van der Waals surface area contributed by atoms with E-state index in [1.807, 2.05) is 11.8 Å². The van der Waals surface area contributed by atoms with Crippen LogP contribution in [0.2, 0.25) is 0 Å². The van der Waals surface area contributed by atoms with Gasteiger partial charge >= 0.3 is 0 Å². The van der Waals surface area contributed by atoms with Crippen molar-refractivity contribution < 1.29 is 9.84 Å². The van der Waals surface area contributed by atoms with Gasteiger partial charge in [0, 0.05) is 12.4 Å². The third kappa shape index (κ3) is 2.55. The molecule has 4 rings (SSSR count). The summed E-state index contributed by atoms with van der Waals surface area (Å²) in [5.41, 5.74) is -0.245. The summed E-state index contributed by atoms with van der Waals surface area (Å²) in [4.78, 5) is 0. The van der Waals surface area contributed by atoms with Crippen LogP contribution < -0.4 is 0 Å². The van der Waals surface area contributed by atoms with E-state index in [1.165, 1.54) is 37.9 Å². The lowest BCUT2D eigenvalue weighted by molar-refractivity contribution is -0.148. The first-order valence-electron chi connectivity index (χ1n) is 8.63. The van der Waals surface area contributed by atoms with E-state index >= 15 is 0 Å². The van der Waals surface area contributed by atoms with Crippen molar-refractivity contribution in [1.82, 2.24) is 0 Å².